The number of esters is 1. The first-order valence-corrected chi connectivity index (χ1v) is 13.7. The average molecular weight is 559 g/mol. The van der Waals surface area contributed by atoms with Crippen molar-refractivity contribution in [2.45, 2.75) is 57.2 Å². The highest BCUT2D eigenvalue weighted by molar-refractivity contribution is 5.92. The van der Waals surface area contributed by atoms with E-state index in [0.717, 1.165) is 34.2 Å². The molecule has 0 saturated heterocycles. The number of alkyl carbamates (subject to hydrolysis) is 1. The van der Waals surface area contributed by atoms with Gasteiger partial charge in [0.15, 0.2) is 0 Å². The van der Waals surface area contributed by atoms with Crippen LogP contribution in [0, 0.1) is 0 Å². The number of fused-ring (bicyclic) bond motifs is 3. The summed E-state index contributed by atoms with van der Waals surface area (Å²) >= 11 is 0. The standard InChI is InChI=1S/C32H34N2O7/c1-2-3-17-27(31(37)38)33-30(36)28(18-29(35)40-19-21-11-5-4-6-12-21)34-32(39)41-20-26-24-15-9-7-13-22(24)23-14-8-10-16-25(23)26/h4-16,26-28H,2-3,17-20H2,1H3,(H,33,36)(H,34,39)(H,37,38)/t27-,28-/m0/s1. The number of benzene rings is 3. The number of hydrogen-bond donors (Lipinski definition) is 3. The molecule has 0 heterocycles. The Balaban J connectivity index is 1.42. The molecule has 1 aliphatic carbocycles. The van der Waals surface area contributed by atoms with Gasteiger partial charge in [0.05, 0.1) is 6.42 Å². The zero-order chi connectivity index (χ0) is 29.2. The summed E-state index contributed by atoms with van der Waals surface area (Å²) in [6.45, 7) is 1.92. The normalized spacial score (nSPS) is 13.3. The Hall–Kier alpha value is -4.66. The summed E-state index contributed by atoms with van der Waals surface area (Å²) in [5.74, 6) is -2.92. The molecule has 9 nitrogen and oxygen atoms in total. The fraction of sp³-hybridized carbons (Fsp3) is 0.312. The lowest BCUT2D eigenvalue weighted by atomic mass is 9.98. The Morgan fingerprint density at radius 3 is 2.02 bits per heavy atom. The number of carbonyl (C=O) groups excluding carboxylic acids is 3. The third-order valence-electron chi connectivity index (χ3n) is 7.03. The van der Waals surface area contributed by atoms with Crippen molar-refractivity contribution in [1.29, 1.82) is 0 Å². The van der Waals surface area contributed by atoms with Crippen molar-refractivity contribution < 1.29 is 33.8 Å². The molecule has 4 rings (SSSR count). The first kappa shape index (κ1) is 29.3. The zero-order valence-electron chi connectivity index (χ0n) is 22.9. The lowest BCUT2D eigenvalue weighted by Crippen LogP contribution is -2.52. The van der Waals surface area contributed by atoms with Crippen LogP contribution in [0.4, 0.5) is 4.79 Å². The molecule has 3 N–H and O–H groups in total. The molecule has 1 aliphatic rings. The number of carbonyl (C=O) groups is 4. The number of carboxylic acids is 1. The van der Waals surface area contributed by atoms with Crippen molar-refractivity contribution in [3.8, 4) is 11.1 Å². The van der Waals surface area contributed by atoms with Crippen molar-refractivity contribution in [3.63, 3.8) is 0 Å². The van der Waals surface area contributed by atoms with Crippen LogP contribution in [0.2, 0.25) is 0 Å². The van der Waals surface area contributed by atoms with Crippen molar-refractivity contribution in [1.82, 2.24) is 10.6 Å². The third-order valence-corrected chi connectivity index (χ3v) is 7.03. The van der Waals surface area contributed by atoms with E-state index in [4.69, 9.17) is 9.47 Å². The quantitative estimate of drug-likeness (QED) is 0.257. The Kier molecular flexibility index (Phi) is 10.1. The van der Waals surface area contributed by atoms with Gasteiger partial charge in [0.2, 0.25) is 5.91 Å². The predicted octanol–water partition coefficient (Wildman–Crippen LogP) is 4.79. The summed E-state index contributed by atoms with van der Waals surface area (Å²) in [6.07, 6.45) is 0.146. The maximum Gasteiger partial charge on any atom is 0.407 e. The fourth-order valence-electron chi connectivity index (χ4n) is 4.89. The van der Waals surface area contributed by atoms with Crippen LogP contribution in [0.15, 0.2) is 78.9 Å². The van der Waals surface area contributed by atoms with Crippen LogP contribution in [0.25, 0.3) is 11.1 Å². The highest BCUT2D eigenvalue weighted by Gasteiger charge is 2.32. The minimum atomic E-state index is -1.39. The van der Waals surface area contributed by atoms with Crippen LogP contribution < -0.4 is 10.6 Å². The van der Waals surface area contributed by atoms with E-state index in [1.165, 1.54) is 0 Å². The van der Waals surface area contributed by atoms with E-state index < -0.39 is 42.4 Å². The molecule has 0 unspecified atom stereocenters. The van der Waals surface area contributed by atoms with Crippen LogP contribution in [-0.4, -0.2) is 47.7 Å². The second-order valence-electron chi connectivity index (χ2n) is 9.91. The van der Waals surface area contributed by atoms with E-state index in [1.807, 2.05) is 61.5 Å². The number of ether oxygens (including phenoxy) is 2. The second kappa shape index (κ2) is 14.1. The molecule has 3 aromatic rings. The molecule has 2 atom stereocenters. The lowest BCUT2D eigenvalue weighted by Gasteiger charge is -2.21. The van der Waals surface area contributed by atoms with Gasteiger partial charge in [-0.2, -0.15) is 0 Å². The molecular formula is C32H34N2O7. The van der Waals surface area contributed by atoms with Gasteiger partial charge in [-0.3, -0.25) is 9.59 Å². The number of carboxylic acid groups (broad SMARTS) is 1. The molecule has 41 heavy (non-hydrogen) atoms. The number of aliphatic carboxylic acids is 1. The highest BCUT2D eigenvalue weighted by atomic mass is 16.5. The molecule has 0 bridgehead atoms. The van der Waals surface area contributed by atoms with Crippen LogP contribution >= 0.6 is 0 Å². The highest BCUT2D eigenvalue weighted by Crippen LogP contribution is 2.44. The number of rotatable bonds is 13. The number of amides is 2. The molecule has 0 aromatic heterocycles. The monoisotopic (exact) mass is 558 g/mol. The molecule has 2 amide bonds. The molecular weight excluding hydrogens is 524 g/mol. The van der Waals surface area contributed by atoms with Gasteiger partial charge in [0, 0.05) is 5.92 Å². The smallest absolute Gasteiger partial charge is 0.407 e. The van der Waals surface area contributed by atoms with Gasteiger partial charge in [-0.05, 0) is 34.2 Å². The molecule has 0 radical (unpaired) electrons. The van der Waals surface area contributed by atoms with E-state index in [1.54, 1.807) is 24.3 Å². The lowest BCUT2D eigenvalue weighted by molar-refractivity contribution is -0.147. The zero-order valence-corrected chi connectivity index (χ0v) is 22.9. The van der Waals surface area contributed by atoms with E-state index in [-0.39, 0.29) is 25.6 Å². The van der Waals surface area contributed by atoms with E-state index in [0.29, 0.717) is 6.42 Å². The summed E-state index contributed by atoms with van der Waals surface area (Å²) in [5.41, 5.74) is 4.96. The number of hydrogen-bond acceptors (Lipinski definition) is 6. The molecule has 0 saturated carbocycles. The van der Waals surface area contributed by atoms with E-state index >= 15 is 0 Å². The molecule has 0 aliphatic heterocycles. The minimum absolute atomic E-state index is 0.00674. The minimum Gasteiger partial charge on any atom is -0.480 e. The maximum absolute atomic E-state index is 13.1. The van der Waals surface area contributed by atoms with Gasteiger partial charge in [-0.15, -0.1) is 0 Å². The summed E-state index contributed by atoms with van der Waals surface area (Å²) in [6, 6.07) is 22.3. The molecule has 214 valence electrons. The first-order valence-electron chi connectivity index (χ1n) is 13.7. The van der Waals surface area contributed by atoms with Crippen molar-refractivity contribution in [2.24, 2.45) is 0 Å². The summed E-state index contributed by atoms with van der Waals surface area (Å²) in [5, 5.41) is 14.4. The van der Waals surface area contributed by atoms with Crippen molar-refractivity contribution in [2.75, 3.05) is 6.61 Å². The van der Waals surface area contributed by atoms with Gasteiger partial charge >= 0.3 is 18.0 Å². The van der Waals surface area contributed by atoms with Gasteiger partial charge in [0.1, 0.15) is 25.3 Å². The molecule has 3 aromatic carbocycles. The van der Waals surface area contributed by atoms with E-state index in [9.17, 15) is 24.3 Å². The molecule has 0 fully saturated rings. The topological polar surface area (TPSA) is 131 Å². The largest absolute Gasteiger partial charge is 0.480 e. The summed E-state index contributed by atoms with van der Waals surface area (Å²) in [4.78, 5) is 50.3. The average Bonchev–Trinajstić information content (AvgIpc) is 3.30. The van der Waals surface area contributed by atoms with Gasteiger partial charge in [-0.1, -0.05) is 98.6 Å². The first-order chi connectivity index (χ1) is 19.9. The van der Waals surface area contributed by atoms with Gasteiger partial charge in [0.25, 0.3) is 0 Å². The SMILES string of the molecule is CCCC[C@H](NC(=O)[C@H](CC(=O)OCc1ccccc1)NC(=O)OCC1c2ccccc2-c2ccccc21)C(=O)O. The van der Waals surface area contributed by atoms with E-state index in [2.05, 4.69) is 10.6 Å². The molecule has 0 spiro atoms. The van der Waals surface area contributed by atoms with Crippen molar-refractivity contribution in [3.05, 3.63) is 95.6 Å². The summed E-state index contributed by atoms with van der Waals surface area (Å²) < 4.78 is 10.8. The number of nitrogens with one attached hydrogen (secondary N) is 2. The Bertz CT molecular complexity index is 1330. The predicted molar refractivity (Wildman–Crippen MR) is 152 cm³/mol. The van der Waals surface area contributed by atoms with Crippen LogP contribution in [0.5, 0.6) is 0 Å². The van der Waals surface area contributed by atoms with Crippen molar-refractivity contribution >= 4 is 23.9 Å². The Labute approximate surface area is 238 Å². The van der Waals surface area contributed by atoms with Crippen LogP contribution in [-0.2, 0) is 30.5 Å². The Morgan fingerprint density at radius 1 is 0.805 bits per heavy atom. The maximum atomic E-state index is 13.1. The fourth-order valence-corrected chi connectivity index (χ4v) is 4.89. The Morgan fingerprint density at radius 2 is 1.41 bits per heavy atom. The molecule has 9 heteroatoms. The summed E-state index contributed by atoms with van der Waals surface area (Å²) in [7, 11) is 0. The second-order valence-corrected chi connectivity index (χ2v) is 9.91. The third kappa shape index (κ3) is 7.72. The van der Waals surface area contributed by atoms with Crippen LogP contribution in [0.3, 0.4) is 0 Å². The van der Waals surface area contributed by atoms with Crippen LogP contribution in [0.1, 0.15) is 55.2 Å². The van der Waals surface area contributed by atoms with Gasteiger partial charge < -0.3 is 25.2 Å². The number of unbranched alkanes of at least 4 members (excludes halogenated alkanes) is 1. The van der Waals surface area contributed by atoms with Gasteiger partial charge in [-0.25, -0.2) is 9.59 Å².